The molecule has 1 heterocycles. The monoisotopic (exact) mass is 303 g/mol. The first-order valence-corrected chi connectivity index (χ1v) is 6.06. The van der Waals surface area contributed by atoms with Crippen molar-refractivity contribution in [1.29, 1.82) is 0 Å². The number of carbonyl (C=O) groups is 1. The van der Waals surface area contributed by atoms with E-state index in [9.17, 15) is 18.0 Å². The average Bonchev–Trinajstić information content (AvgIpc) is 2.25. The molecule has 94 valence electrons. The molecule has 7 heteroatoms. The van der Waals surface area contributed by atoms with Crippen LogP contribution in [0.5, 0.6) is 0 Å². The molecule has 1 aliphatic rings. The van der Waals surface area contributed by atoms with Crippen molar-refractivity contribution in [2.24, 2.45) is 0 Å². The highest BCUT2D eigenvalue weighted by Gasteiger charge is 2.30. The zero-order valence-corrected chi connectivity index (χ0v) is 10.2. The lowest BCUT2D eigenvalue weighted by Crippen LogP contribution is -2.46. The Kier molecular flexibility index (Phi) is 5.04. The maximum absolute atomic E-state index is 11.9. The topological polar surface area (TPSA) is 29.5 Å². The summed E-state index contributed by atoms with van der Waals surface area (Å²) in [6, 6.07) is 0. The van der Waals surface area contributed by atoms with Crippen molar-refractivity contribution in [2.75, 3.05) is 25.0 Å². The summed E-state index contributed by atoms with van der Waals surface area (Å²) in [6.07, 6.45) is -5.92. The molecule has 1 aliphatic heterocycles. The van der Waals surface area contributed by atoms with Gasteiger partial charge in [-0.1, -0.05) is 15.9 Å². The molecule has 0 aromatic rings. The Labute approximate surface area is 100 Å². The highest BCUT2D eigenvalue weighted by atomic mass is 79.9. The Morgan fingerprint density at radius 2 is 2.19 bits per heavy atom. The molecule has 1 fully saturated rings. The predicted molar refractivity (Wildman–Crippen MR) is 55.4 cm³/mol. The third-order valence-corrected chi connectivity index (χ3v) is 3.01. The van der Waals surface area contributed by atoms with E-state index in [0.29, 0.717) is 25.0 Å². The smallest absolute Gasteiger partial charge is 0.374 e. The van der Waals surface area contributed by atoms with Gasteiger partial charge in [0.1, 0.15) is 0 Å². The molecule has 0 spiro atoms. The fourth-order valence-electron chi connectivity index (χ4n) is 1.45. The van der Waals surface area contributed by atoms with Crippen molar-refractivity contribution in [3.63, 3.8) is 0 Å². The van der Waals surface area contributed by atoms with Gasteiger partial charge in [-0.2, -0.15) is 13.2 Å². The van der Waals surface area contributed by atoms with E-state index in [1.807, 2.05) is 0 Å². The number of alkyl halides is 4. The minimum Gasteiger partial charge on any atom is -0.374 e. The summed E-state index contributed by atoms with van der Waals surface area (Å²) in [4.78, 5) is 12.9. The van der Waals surface area contributed by atoms with Crippen molar-refractivity contribution in [3.8, 4) is 0 Å². The van der Waals surface area contributed by atoms with Crippen LogP contribution in [-0.2, 0) is 9.53 Å². The molecule has 16 heavy (non-hydrogen) atoms. The van der Waals surface area contributed by atoms with Crippen molar-refractivity contribution in [2.45, 2.75) is 25.1 Å². The molecular weight excluding hydrogens is 291 g/mol. The summed E-state index contributed by atoms with van der Waals surface area (Å²) in [6.45, 7) is 1.12. The fourth-order valence-corrected chi connectivity index (χ4v) is 1.84. The lowest BCUT2D eigenvalue weighted by molar-refractivity contribution is -0.152. The van der Waals surface area contributed by atoms with E-state index in [4.69, 9.17) is 4.74 Å². The zero-order valence-electron chi connectivity index (χ0n) is 8.60. The molecule has 0 radical (unpaired) electrons. The summed E-state index contributed by atoms with van der Waals surface area (Å²) in [5.41, 5.74) is 0. The van der Waals surface area contributed by atoms with Crippen molar-refractivity contribution >= 4 is 21.8 Å². The number of ether oxygens (including phenoxy) is 1. The molecule has 1 rings (SSSR count). The second-order valence-corrected chi connectivity index (χ2v) is 4.25. The third-order valence-electron chi connectivity index (χ3n) is 2.29. The first-order chi connectivity index (χ1) is 7.42. The Bertz CT molecular complexity index is 247. The summed E-state index contributed by atoms with van der Waals surface area (Å²) in [5.74, 6) is -0.452. The normalized spacial score (nSPS) is 22.2. The van der Waals surface area contributed by atoms with Crippen LogP contribution in [0.3, 0.4) is 0 Å². The van der Waals surface area contributed by atoms with Crippen LogP contribution in [0.1, 0.15) is 12.8 Å². The van der Waals surface area contributed by atoms with Crippen LogP contribution in [0.15, 0.2) is 0 Å². The number of rotatable bonds is 3. The van der Waals surface area contributed by atoms with Gasteiger partial charge in [-0.25, -0.2) is 0 Å². The van der Waals surface area contributed by atoms with Crippen LogP contribution in [0.25, 0.3) is 0 Å². The molecule has 1 unspecified atom stereocenters. The molecule has 1 amide bonds. The zero-order chi connectivity index (χ0) is 12.2. The molecule has 1 atom stereocenters. The van der Waals surface area contributed by atoms with E-state index < -0.39 is 24.9 Å². The van der Waals surface area contributed by atoms with Gasteiger partial charge in [-0.05, 0) is 0 Å². The second-order valence-electron chi connectivity index (χ2n) is 3.60. The molecular formula is C9H13BrF3NO2. The number of nitrogens with zero attached hydrogens (tertiary/aromatic N) is 1. The number of carbonyl (C=O) groups excluding carboxylic acids is 1. The molecule has 0 aliphatic carbocycles. The first-order valence-electron chi connectivity index (χ1n) is 4.94. The quantitative estimate of drug-likeness (QED) is 0.746. The van der Waals surface area contributed by atoms with Crippen molar-refractivity contribution < 1.29 is 22.7 Å². The molecule has 0 aromatic heterocycles. The number of halogens is 4. The van der Waals surface area contributed by atoms with E-state index in [1.165, 1.54) is 4.90 Å². The van der Waals surface area contributed by atoms with E-state index in [2.05, 4.69) is 15.9 Å². The van der Waals surface area contributed by atoms with E-state index in [1.54, 1.807) is 0 Å². The maximum Gasteiger partial charge on any atom is 0.389 e. The van der Waals surface area contributed by atoms with Gasteiger partial charge in [0.25, 0.3) is 0 Å². The third kappa shape index (κ3) is 4.69. The highest BCUT2D eigenvalue weighted by molar-refractivity contribution is 9.09. The van der Waals surface area contributed by atoms with Crippen LogP contribution in [0, 0.1) is 0 Å². The van der Waals surface area contributed by atoms with Crippen molar-refractivity contribution in [3.05, 3.63) is 0 Å². The highest BCUT2D eigenvalue weighted by Crippen LogP contribution is 2.22. The summed E-state index contributed by atoms with van der Waals surface area (Å²) < 4.78 is 41.1. The first kappa shape index (κ1) is 13.8. The lowest BCUT2D eigenvalue weighted by Gasteiger charge is -2.32. The van der Waals surface area contributed by atoms with Crippen LogP contribution >= 0.6 is 15.9 Å². The summed E-state index contributed by atoms with van der Waals surface area (Å²) >= 11 is 3.22. The Morgan fingerprint density at radius 1 is 1.50 bits per heavy atom. The second kappa shape index (κ2) is 5.86. The molecule has 1 saturated heterocycles. The largest absolute Gasteiger partial charge is 0.389 e. The molecule has 0 N–H and O–H groups in total. The van der Waals surface area contributed by atoms with Gasteiger partial charge in [0.2, 0.25) is 5.91 Å². The Morgan fingerprint density at radius 3 is 2.75 bits per heavy atom. The molecule has 3 nitrogen and oxygen atoms in total. The number of amides is 1. The number of hydrogen-bond donors (Lipinski definition) is 0. The molecule has 0 saturated carbocycles. The average molecular weight is 304 g/mol. The summed E-state index contributed by atoms with van der Waals surface area (Å²) in [5, 5.41) is 0.579. The molecule has 0 aromatic carbocycles. The van der Waals surface area contributed by atoms with Gasteiger partial charge in [0, 0.05) is 24.8 Å². The van der Waals surface area contributed by atoms with Crippen LogP contribution < -0.4 is 0 Å². The van der Waals surface area contributed by atoms with E-state index in [-0.39, 0.29) is 6.10 Å². The van der Waals surface area contributed by atoms with Gasteiger partial charge in [-0.3, -0.25) is 4.79 Å². The van der Waals surface area contributed by atoms with Gasteiger partial charge in [0.15, 0.2) is 0 Å². The summed E-state index contributed by atoms with van der Waals surface area (Å²) in [7, 11) is 0. The standard InChI is InChI=1S/C9H13BrF3NO2/c10-5-7-6-14(3-4-16-7)8(15)1-2-9(11,12)13/h7H,1-6H2. The fraction of sp³-hybridized carbons (Fsp3) is 0.889. The maximum atomic E-state index is 11.9. The Hall–Kier alpha value is -0.300. The van der Waals surface area contributed by atoms with Gasteiger partial charge in [-0.15, -0.1) is 0 Å². The van der Waals surface area contributed by atoms with E-state index >= 15 is 0 Å². The Balaban J connectivity index is 2.36. The molecule has 0 bridgehead atoms. The minimum atomic E-state index is -4.27. The van der Waals surface area contributed by atoms with Crippen molar-refractivity contribution in [1.82, 2.24) is 4.90 Å². The van der Waals surface area contributed by atoms with Gasteiger partial charge < -0.3 is 9.64 Å². The lowest BCUT2D eigenvalue weighted by atomic mass is 10.2. The SMILES string of the molecule is O=C(CCC(F)(F)F)N1CCOC(CBr)C1. The van der Waals surface area contributed by atoms with Gasteiger partial charge in [0.05, 0.1) is 19.1 Å². The number of morpholine rings is 1. The van der Waals surface area contributed by atoms with Crippen LogP contribution in [0.2, 0.25) is 0 Å². The van der Waals surface area contributed by atoms with Crippen LogP contribution in [-0.4, -0.2) is 48.1 Å². The predicted octanol–water partition coefficient (Wildman–Crippen LogP) is 1.95. The van der Waals surface area contributed by atoms with Crippen LogP contribution in [0.4, 0.5) is 13.2 Å². The van der Waals surface area contributed by atoms with Gasteiger partial charge >= 0.3 is 6.18 Å². The minimum absolute atomic E-state index is 0.122. The number of hydrogen-bond acceptors (Lipinski definition) is 2. The van der Waals surface area contributed by atoms with E-state index in [0.717, 1.165) is 0 Å².